The minimum Gasteiger partial charge on any atom is -0.366 e. The molecule has 156 valence electrons. The zero-order valence-electron chi connectivity index (χ0n) is 16.7. The first-order chi connectivity index (χ1) is 14.5. The quantitative estimate of drug-likeness (QED) is 0.612. The number of carbonyl (C=O) groups excluding carboxylic acids is 3. The maximum Gasteiger partial charge on any atom is 0.248 e. The molecule has 1 saturated heterocycles. The maximum absolute atomic E-state index is 12.2. The predicted octanol–water partition coefficient (Wildman–Crippen LogP) is 2.02. The first kappa shape index (κ1) is 21.3. The van der Waals surface area contributed by atoms with Crippen LogP contribution in [-0.4, -0.2) is 48.3 Å². The molecule has 0 unspecified atom stereocenters. The molecule has 0 saturated carbocycles. The van der Waals surface area contributed by atoms with Gasteiger partial charge < -0.3 is 16.4 Å². The Morgan fingerprint density at radius 3 is 2.30 bits per heavy atom. The van der Waals surface area contributed by atoms with E-state index in [-0.39, 0.29) is 17.9 Å². The lowest BCUT2D eigenvalue weighted by atomic mass is 10.0. The van der Waals surface area contributed by atoms with Gasteiger partial charge in [0, 0.05) is 36.5 Å². The van der Waals surface area contributed by atoms with E-state index in [1.165, 1.54) is 6.08 Å². The molecule has 1 aliphatic heterocycles. The van der Waals surface area contributed by atoms with Gasteiger partial charge in [-0.2, -0.15) is 0 Å². The maximum atomic E-state index is 12.2. The van der Waals surface area contributed by atoms with Crippen molar-refractivity contribution in [3.8, 4) is 0 Å². The van der Waals surface area contributed by atoms with Crippen molar-refractivity contribution in [1.82, 2.24) is 10.2 Å². The number of piperidine rings is 1. The van der Waals surface area contributed by atoms with Gasteiger partial charge in [-0.3, -0.25) is 19.3 Å². The van der Waals surface area contributed by atoms with Crippen molar-refractivity contribution in [2.24, 2.45) is 5.73 Å². The summed E-state index contributed by atoms with van der Waals surface area (Å²) in [7, 11) is 0. The smallest absolute Gasteiger partial charge is 0.248 e. The Balaban J connectivity index is 1.39. The molecule has 30 heavy (non-hydrogen) atoms. The molecular formula is C23H26N4O3. The molecule has 1 heterocycles. The molecule has 2 aromatic carbocycles. The first-order valence-corrected chi connectivity index (χ1v) is 9.95. The average Bonchev–Trinajstić information content (AvgIpc) is 2.74. The predicted molar refractivity (Wildman–Crippen MR) is 117 cm³/mol. The first-order valence-electron chi connectivity index (χ1n) is 9.95. The lowest BCUT2D eigenvalue weighted by Crippen LogP contribution is -2.46. The number of carbonyl (C=O) groups is 3. The van der Waals surface area contributed by atoms with Crippen LogP contribution in [0.5, 0.6) is 0 Å². The number of amides is 3. The number of benzene rings is 2. The monoisotopic (exact) mass is 406 g/mol. The molecule has 0 radical (unpaired) electrons. The highest BCUT2D eigenvalue weighted by atomic mass is 16.2. The van der Waals surface area contributed by atoms with Crippen LogP contribution in [-0.2, 0) is 9.59 Å². The van der Waals surface area contributed by atoms with E-state index in [1.807, 2.05) is 30.3 Å². The van der Waals surface area contributed by atoms with E-state index in [4.69, 9.17) is 5.73 Å². The Hall–Kier alpha value is -3.45. The third-order valence-electron chi connectivity index (χ3n) is 4.98. The summed E-state index contributed by atoms with van der Waals surface area (Å²) in [6.45, 7) is 1.85. The highest BCUT2D eigenvalue weighted by Gasteiger charge is 2.21. The Labute approximate surface area is 175 Å². The van der Waals surface area contributed by atoms with Crippen LogP contribution in [0.15, 0.2) is 60.7 Å². The van der Waals surface area contributed by atoms with Gasteiger partial charge in [-0.25, -0.2) is 0 Å². The molecular weight excluding hydrogens is 380 g/mol. The van der Waals surface area contributed by atoms with Crippen LogP contribution in [0.2, 0.25) is 0 Å². The van der Waals surface area contributed by atoms with Gasteiger partial charge in [-0.05, 0) is 48.7 Å². The van der Waals surface area contributed by atoms with Crippen molar-refractivity contribution in [1.29, 1.82) is 0 Å². The van der Waals surface area contributed by atoms with E-state index >= 15 is 0 Å². The van der Waals surface area contributed by atoms with E-state index in [2.05, 4.69) is 15.5 Å². The summed E-state index contributed by atoms with van der Waals surface area (Å²) in [6.07, 6.45) is 4.78. The number of hydrogen-bond acceptors (Lipinski definition) is 4. The number of hydrogen-bond donors (Lipinski definition) is 3. The molecule has 1 fully saturated rings. The molecule has 4 N–H and O–H groups in total. The van der Waals surface area contributed by atoms with E-state index < -0.39 is 5.91 Å². The van der Waals surface area contributed by atoms with Gasteiger partial charge >= 0.3 is 0 Å². The molecule has 7 nitrogen and oxygen atoms in total. The number of nitrogens with one attached hydrogen (secondary N) is 2. The lowest BCUT2D eigenvalue weighted by molar-refractivity contribution is -0.119. The average molecular weight is 406 g/mol. The van der Waals surface area contributed by atoms with E-state index in [0.29, 0.717) is 12.1 Å². The number of rotatable bonds is 7. The van der Waals surface area contributed by atoms with Crippen LogP contribution in [0.4, 0.5) is 5.69 Å². The van der Waals surface area contributed by atoms with Crippen LogP contribution in [0.1, 0.15) is 28.8 Å². The summed E-state index contributed by atoms with van der Waals surface area (Å²) in [5.74, 6) is -0.671. The van der Waals surface area contributed by atoms with Crippen molar-refractivity contribution < 1.29 is 14.4 Å². The molecule has 3 amide bonds. The van der Waals surface area contributed by atoms with Gasteiger partial charge in [0.15, 0.2) is 0 Å². The molecule has 7 heteroatoms. The molecule has 3 rings (SSSR count). The Morgan fingerprint density at radius 1 is 1.00 bits per heavy atom. The minimum atomic E-state index is -0.479. The highest BCUT2D eigenvalue weighted by Crippen LogP contribution is 2.12. The molecule has 0 aliphatic carbocycles. The second-order valence-electron chi connectivity index (χ2n) is 7.29. The normalized spacial score (nSPS) is 15.1. The zero-order valence-corrected chi connectivity index (χ0v) is 16.7. The van der Waals surface area contributed by atoms with Crippen molar-refractivity contribution in [2.45, 2.75) is 18.9 Å². The lowest BCUT2D eigenvalue weighted by Gasteiger charge is -2.31. The molecule has 1 aliphatic rings. The SMILES string of the molecule is NC(=O)c1ccc(C=CC(=O)NC2CCN(CC(=O)Nc3ccccc3)CC2)cc1. The summed E-state index contributed by atoms with van der Waals surface area (Å²) >= 11 is 0. The number of primary amides is 1. The van der Waals surface area contributed by atoms with Crippen molar-refractivity contribution >= 4 is 29.5 Å². The van der Waals surface area contributed by atoms with E-state index in [1.54, 1.807) is 30.3 Å². The van der Waals surface area contributed by atoms with Crippen molar-refractivity contribution in [3.63, 3.8) is 0 Å². The summed E-state index contributed by atoms with van der Waals surface area (Å²) in [5.41, 5.74) is 7.25. The van der Waals surface area contributed by atoms with Gasteiger partial charge in [-0.15, -0.1) is 0 Å². The second kappa shape index (κ2) is 10.4. The topological polar surface area (TPSA) is 105 Å². The molecule has 0 atom stereocenters. The molecule has 0 aromatic heterocycles. The van der Waals surface area contributed by atoms with Crippen LogP contribution in [0.25, 0.3) is 6.08 Å². The second-order valence-corrected chi connectivity index (χ2v) is 7.29. The third kappa shape index (κ3) is 6.56. The van der Waals surface area contributed by atoms with Crippen molar-refractivity contribution in [2.75, 3.05) is 25.0 Å². The van der Waals surface area contributed by atoms with Crippen molar-refractivity contribution in [3.05, 3.63) is 71.8 Å². The van der Waals surface area contributed by atoms with E-state index in [0.717, 1.165) is 37.2 Å². The van der Waals surface area contributed by atoms with Crippen LogP contribution < -0.4 is 16.4 Å². The van der Waals surface area contributed by atoms with Crippen LogP contribution >= 0.6 is 0 Å². The molecule has 2 aromatic rings. The summed E-state index contributed by atoms with van der Waals surface area (Å²) < 4.78 is 0. The standard InChI is InChI=1S/C23H26N4O3/c24-23(30)18-9-6-17(7-10-18)8-11-21(28)25-20-12-14-27(15-13-20)16-22(29)26-19-4-2-1-3-5-19/h1-11,20H,12-16H2,(H2,24,30)(H,25,28)(H,26,29). The van der Waals surface area contributed by atoms with Gasteiger partial charge in [0.1, 0.15) is 0 Å². The summed E-state index contributed by atoms with van der Waals surface area (Å²) in [5, 5.41) is 5.89. The van der Waals surface area contributed by atoms with Gasteiger partial charge in [0.25, 0.3) is 0 Å². The molecule has 0 bridgehead atoms. The number of nitrogens with zero attached hydrogens (tertiary/aromatic N) is 1. The highest BCUT2D eigenvalue weighted by molar-refractivity contribution is 5.94. The molecule has 0 spiro atoms. The third-order valence-corrected chi connectivity index (χ3v) is 4.98. The zero-order chi connectivity index (χ0) is 21.3. The Kier molecular flexibility index (Phi) is 7.34. The van der Waals surface area contributed by atoms with E-state index in [9.17, 15) is 14.4 Å². The number of nitrogens with two attached hydrogens (primary N) is 1. The fourth-order valence-corrected chi connectivity index (χ4v) is 3.34. The fraction of sp³-hybridized carbons (Fsp3) is 0.261. The summed E-state index contributed by atoms with van der Waals surface area (Å²) in [6, 6.07) is 16.2. The number of likely N-dealkylation sites (tertiary alicyclic amines) is 1. The number of anilines is 1. The summed E-state index contributed by atoms with van der Waals surface area (Å²) in [4.78, 5) is 37.5. The van der Waals surface area contributed by atoms with Gasteiger partial charge in [0.05, 0.1) is 6.54 Å². The number of para-hydroxylation sites is 1. The van der Waals surface area contributed by atoms with Gasteiger partial charge in [-0.1, -0.05) is 30.3 Å². The van der Waals surface area contributed by atoms with Crippen LogP contribution in [0.3, 0.4) is 0 Å². The minimum absolute atomic E-state index is 0.0334. The van der Waals surface area contributed by atoms with Gasteiger partial charge in [0.2, 0.25) is 17.7 Å². The van der Waals surface area contributed by atoms with Crippen LogP contribution in [0, 0.1) is 0 Å². The Morgan fingerprint density at radius 2 is 1.67 bits per heavy atom. The Bertz CT molecular complexity index is 902. The fourth-order valence-electron chi connectivity index (χ4n) is 3.34. The largest absolute Gasteiger partial charge is 0.366 e.